The Morgan fingerprint density at radius 2 is 1.41 bits per heavy atom. The average Bonchev–Trinajstić information content (AvgIpc) is 2.40. The third-order valence-electron chi connectivity index (χ3n) is 2.42. The van der Waals surface area contributed by atoms with Crippen LogP contribution in [0.4, 0.5) is 5.69 Å². The van der Waals surface area contributed by atoms with Gasteiger partial charge >= 0.3 is 0 Å². The van der Waals surface area contributed by atoms with E-state index in [1.807, 2.05) is 24.3 Å². The molecule has 0 N–H and O–H groups in total. The smallest absolute Gasteiger partial charge is 0.240 e. The number of benzene rings is 2. The van der Waals surface area contributed by atoms with Crippen LogP contribution in [0.15, 0.2) is 53.5 Å². The van der Waals surface area contributed by atoms with Crippen molar-refractivity contribution in [3.8, 4) is 11.1 Å². The molecule has 17 heavy (non-hydrogen) atoms. The molecule has 0 atom stereocenters. The fourth-order valence-corrected chi connectivity index (χ4v) is 1.54. The number of nitrogens with zero attached hydrogens (tertiary/aromatic N) is 1. The standard InChI is InChI=1S/C14H9NO2/c16-9-11-1-3-12(4-2-11)13-5-7-14(8-6-13)15-10-17/h1-9H. The molecule has 0 fully saturated rings. The summed E-state index contributed by atoms with van der Waals surface area (Å²) in [5.74, 6) is 0. The second-order valence-corrected chi connectivity index (χ2v) is 3.49. The number of aldehydes is 1. The topological polar surface area (TPSA) is 46.5 Å². The molecule has 0 unspecified atom stereocenters. The Hall–Kier alpha value is -2.51. The van der Waals surface area contributed by atoms with Crippen molar-refractivity contribution in [2.75, 3.05) is 0 Å². The van der Waals surface area contributed by atoms with E-state index in [2.05, 4.69) is 4.99 Å². The lowest BCUT2D eigenvalue weighted by atomic mass is 10.0. The first-order chi connectivity index (χ1) is 8.33. The van der Waals surface area contributed by atoms with Crippen LogP contribution in [0, 0.1) is 0 Å². The molecule has 0 saturated carbocycles. The van der Waals surface area contributed by atoms with Crippen LogP contribution < -0.4 is 0 Å². The van der Waals surface area contributed by atoms with Gasteiger partial charge < -0.3 is 0 Å². The van der Waals surface area contributed by atoms with Gasteiger partial charge in [0.2, 0.25) is 6.08 Å². The van der Waals surface area contributed by atoms with Crippen molar-refractivity contribution in [2.24, 2.45) is 4.99 Å². The van der Waals surface area contributed by atoms with Gasteiger partial charge in [0.05, 0.1) is 5.69 Å². The van der Waals surface area contributed by atoms with Gasteiger partial charge in [-0.15, -0.1) is 0 Å². The average molecular weight is 223 g/mol. The van der Waals surface area contributed by atoms with Crippen LogP contribution in [-0.4, -0.2) is 12.4 Å². The lowest BCUT2D eigenvalue weighted by Gasteiger charge is -2.01. The summed E-state index contributed by atoms with van der Waals surface area (Å²) in [7, 11) is 0. The maximum atomic E-state index is 10.5. The first kappa shape index (κ1) is 11.0. The van der Waals surface area contributed by atoms with Crippen molar-refractivity contribution in [1.29, 1.82) is 0 Å². The van der Waals surface area contributed by atoms with E-state index in [9.17, 15) is 9.59 Å². The van der Waals surface area contributed by atoms with E-state index >= 15 is 0 Å². The zero-order valence-electron chi connectivity index (χ0n) is 8.96. The van der Waals surface area contributed by atoms with E-state index in [-0.39, 0.29) is 0 Å². The van der Waals surface area contributed by atoms with Gasteiger partial charge in [-0.1, -0.05) is 36.4 Å². The lowest BCUT2D eigenvalue weighted by molar-refractivity contribution is 0.112. The molecular formula is C14H9NO2. The zero-order chi connectivity index (χ0) is 12.1. The molecule has 0 amide bonds. The van der Waals surface area contributed by atoms with Crippen LogP contribution in [0.1, 0.15) is 10.4 Å². The summed E-state index contributed by atoms with van der Waals surface area (Å²) in [5.41, 5.74) is 3.24. The number of hydrogen-bond acceptors (Lipinski definition) is 3. The zero-order valence-corrected chi connectivity index (χ0v) is 8.96. The third-order valence-corrected chi connectivity index (χ3v) is 2.42. The summed E-state index contributed by atoms with van der Waals surface area (Å²) < 4.78 is 0. The summed E-state index contributed by atoms with van der Waals surface area (Å²) >= 11 is 0. The normalized spacial score (nSPS) is 9.41. The second kappa shape index (κ2) is 5.01. The highest BCUT2D eigenvalue weighted by atomic mass is 16.1. The van der Waals surface area contributed by atoms with E-state index in [1.165, 1.54) is 6.08 Å². The molecule has 0 bridgehead atoms. The molecule has 0 aliphatic rings. The molecule has 2 rings (SSSR count). The molecule has 0 radical (unpaired) electrons. The van der Waals surface area contributed by atoms with Crippen LogP contribution in [0.3, 0.4) is 0 Å². The summed E-state index contributed by atoms with van der Waals surface area (Å²) in [6.45, 7) is 0. The molecule has 2 aromatic rings. The first-order valence-corrected chi connectivity index (χ1v) is 5.07. The molecule has 0 aliphatic carbocycles. The molecule has 0 heterocycles. The Labute approximate surface area is 98.4 Å². The summed E-state index contributed by atoms with van der Waals surface area (Å²) in [6.07, 6.45) is 2.31. The Morgan fingerprint density at radius 3 is 1.88 bits per heavy atom. The molecule has 3 heteroatoms. The van der Waals surface area contributed by atoms with Gasteiger partial charge in [-0.25, -0.2) is 4.79 Å². The fourth-order valence-electron chi connectivity index (χ4n) is 1.54. The van der Waals surface area contributed by atoms with Crippen molar-refractivity contribution in [2.45, 2.75) is 0 Å². The predicted molar refractivity (Wildman–Crippen MR) is 65.0 cm³/mol. The number of carbonyl (C=O) groups is 1. The summed E-state index contributed by atoms with van der Waals surface area (Å²) in [6, 6.07) is 14.5. The second-order valence-electron chi connectivity index (χ2n) is 3.49. The number of isocyanates is 1. The van der Waals surface area contributed by atoms with Gasteiger partial charge in [0.25, 0.3) is 0 Å². The minimum absolute atomic E-state index is 0.577. The van der Waals surface area contributed by atoms with Crippen LogP contribution in [0.5, 0.6) is 0 Å². The van der Waals surface area contributed by atoms with E-state index in [0.717, 1.165) is 17.4 Å². The first-order valence-electron chi connectivity index (χ1n) is 5.07. The Kier molecular flexibility index (Phi) is 3.24. The molecular weight excluding hydrogens is 214 g/mol. The van der Waals surface area contributed by atoms with E-state index < -0.39 is 0 Å². The van der Waals surface area contributed by atoms with Crippen LogP contribution in [-0.2, 0) is 4.79 Å². The Balaban J connectivity index is 2.32. The number of hydrogen-bond donors (Lipinski definition) is 0. The van der Waals surface area contributed by atoms with Crippen molar-refractivity contribution in [3.05, 3.63) is 54.1 Å². The highest BCUT2D eigenvalue weighted by Crippen LogP contribution is 2.22. The van der Waals surface area contributed by atoms with Gasteiger partial charge in [0.1, 0.15) is 6.29 Å². The summed E-state index contributed by atoms with van der Waals surface area (Å²) in [5, 5.41) is 0. The maximum Gasteiger partial charge on any atom is 0.240 e. The van der Waals surface area contributed by atoms with E-state index in [0.29, 0.717) is 11.3 Å². The van der Waals surface area contributed by atoms with Crippen LogP contribution in [0.25, 0.3) is 11.1 Å². The minimum Gasteiger partial charge on any atom is -0.298 e. The molecule has 0 saturated heterocycles. The number of rotatable bonds is 3. The van der Waals surface area contributed by atoms with Gasteiger partial charge in [-0.2, -0.15) is 4.99 Å². The fraction of sp³-hybridized carbons (Fsp3) is 0. The number of aliphatic imine (C=N–C) groups is 1. The number of carbonyl (C=O) groups excluding carboxylic acids is 2. The molecule has 2 aromatic carbocycles. The molecule has 0 spiro atoms. The molecule has 0 aliphatic heterocycles. The van der Waals surface area contributed by atoms with Gasteiger partial charge in [-0.3, -0.25) is 4.79 Å². The summed E-state index contributed by atoms with van der Waals surface area (Å²) in [4.78, 5) is 24.1. The molecule has 82 valence electrons. The highest BCUT2D eigenvalue weighted by Gasteiger charge is 1.98. The largest absolute Gasteiger partial charge is 0.298 e. The Morgan fingerprint density at radius 1 is 0.882 bits per heavy atom. The predicted octanol–water partition coefficient (Wildman–Crippen LogP) is 3.13. The van der Waals surface area contributed by atoms with Gasteiger partial charge in [-0.05, 0) is 23.3 Å². The lowest BCUT2D eigenvalue weighted by Crippen LogP contribution is -1.80. The van der Waals surface area contributed by atoms with Gasteiger partial charge in [0, 0.05) is 5.56 Å². The minimum atomic E-state index is 0.577. The third kappa shape index (κ3) is 2.54. The molecule has 3 nitrogen and oxygen atoms in total. The molecule has 0 aromatic heterocycles. The van der Waals surface area contributed by atoms with Crippen molar-refractivity contribution < 1.29 is 9.59 Å². The van der Waals surface area contributed by atoms with E-state index in [1.54, 1.807) is 24.3 Å². The van der Waals surface area contributed by atoms with Gasteiger partial charge in [0.15, 0.2) is 0 Å². The van der Waals surface area contributed by atoms with Crippen LogP contribution in [0.2, 0.25) is 0 Å². The maximum absolute atomic E-state index is 10.5. The quantitative estimate of drug-likeness (QED) is 0.456. The van der Waals surface area contributed by atoms with Crippen LogP contribution >= 0.6 is 0 Å². The SMILES string of the molecule is O=C=Nc1ccc(-c2ccc(C=O)cc2)cc1. The monoisotopic (exact) mass is 223 g/mol. The Bertz CT molecular complexity index is 564. The highest BCUT2D eigenvalue weighted by molar-refractivity contribution is 5.77. The van der Waals surface area contributed by atoms with Crippen molar-refractivity contribution >= 4 is 18.1 Å². The van der Waals surface area contributed by atoms with Crippen molar-refractivity contribution in [1.82, 2.24) is 0 Å². The van der Waals surface area contributed by atoms with Crippen molar-refractivity contribution in [3.63, 3.8) is 0 Å². The van der Waals surface area contributed by atoms with E-state index in [4.69, 9.17) is 0 Å².